The highest BCUT2D eigenvalue weighted by Gasteiger charge is 2.09. The second-order valence-corrected chi connectivity index (χ2v) is 6.16. The molecule has 0 saturated heterocycles. The van der Waals surface area contributed by atoms with Gasteiger partial charge in [0, 0.05) is 18.3 Å². The van der Waals surface area contributed by atoms with Crippen LogP contribution in [0.3, 0.4) is 0 Å². The third kappa shape index (κ3) is 3.45. The highest BCUT2D eigenvalue weighted by molar-refractivity contribution is 5.89. The van der Waals surface area contributed by atoms with Crippen LogP contribution in [0.15, 0.2) is 54.7 Å². The summed E-state index contributed by atoms with van der Waals surface area (Å²) in [5.41, 5.74) is 4.24. The number of hydrogen-bond donors (Lipinski definition) is 0. The summed E-state index contributed by atoms with van der Waals surface area (Å²) in [6.45, 7) is 6.59. The van der Waals surface area contributed by atoms with Crippen LogP contribution in [0.5, 0.6) is 0 Å². The first-order valence-electron chi connectivity index (χ1n) is 7.88. The maximum Gasteiger partial charge on any atom is 0.338 e. The molecule has 1 aromatic heterocycles. The maximum atomic E-state index is 11.9. The van der Waals surface area contributed by atoms with Gasteiger partial charge in [-0.15, -0.1) is 0 Å². The summed E-state index contributed by atoms with van der Waals surface area (Å²) in [5.74, 6) is -0.270. The average molecular weight is 307 g/mol. The van der Waals surface area contributed by atoms with Gasteiger partial charge in [-0.05, 0) is 62.1 Å². The molecule has 0 fully saturated rings. The van der Waals surface area contributed by atoms with E-state index in [9.17, 15) is 4.79 Å². The summed E-state index contributed by atoms with van der Waals surface area (Å²) in [6, 6.07) is 16.2. The number of hydrogen-bond acceptors (Lipinski definition) is 2. The van der Waals surface area contributed by atoms with Crippen LogP contribution in [0, 0.1) is 6.92 Å². The van der Waals surface area contributed by atoms with Gasteiger partial charge in [0.25, 0.3) is 0 Å². The first-order chi connectivity index (χ1) is 11.0. The Labute approximate surface area is 136 Å². The fourth-order valence-electron chi connectivity index (χ4n) is 2.68. The van der Waals surface area contributed by atoms with Gasteiger partial charge in [-0.25, -0.2) is 4.79 Å². The Kier molecular flexibility index (Phi) is 4.20. The van der Waals surface area contributed by atoms with Gasteiger partial charge < -0.3 is 9.30 Å². The molecule has 0 N–H and O–H groups in total. The lowest BCUT2D eigenvalue weighted by Gasteiger charge is -2.09. The molecule has 2 aromatic carbocycles. The lowest BCUT2D eigenvalue weighted by Crippen LogP contribution is -2.11. The predicted octanol–water partition coefficient (Wildman–Crippen LogP) is 4.56. The van der Waals surface area contributed by atoms with Crippen LogP contribution in [0.2, 0.25) is 0 Å². The number of ether oxygens (including phenoxy) is 1. The van der Waals surface area contributed by atoms with Gasteiger partial charge in [-0.2, -0.15) is 0 Å². The van der Waals surface area contributed by atoms with E-state index < -0.39 is 0 Å². The summed E-state index contributed by atoms with van der Waals surface area (Å²) < 4.78 is 7.43. The van der Waals surface area contributed by atoms with Gasteiger partial charge in [0.05, 0.1) is 11.7 Å². The van der Waals surface area contributed by atoms with Crippen molar-refractivity contribution in [1.29, 1.82) is 0 Å². The normalized spacial score (nSPS) is 11.1. The van der Waals surface area contributed by atoms with Crippen molar-refractivity contribution in [3.05, 3.63) is 71.4 Å². The highest BCUT2D eigenvalue weighted by Crippen LogP contribution is 2.19. The van der Waals surface area contributed by atoms with Crippen LogP contribution in [-0.4, -0.2) is 16.6 Å². The van der Waals surface area contributed by atoms with E-state index in [0.29, 0.717) is 5.56 Å². The lowest BCUT2D eigenvalue weighted by molar-refractivity contribution is 0.0378. The summed E-state index contributed by atoms with van der Waals surface area (Å²) >= 11 is 0. The SMILES string of the molecule is Cc1ccc2c(ccn2Cc2ccc(C(=O)OC(C)C)cc2)c1. The van der Waals surface area contributed by atoms with E-state index in [1.54, 1.807) is 0 Å². The number of aryl methyl sites for hydroxylation is 1. The molecule has 0 aliphatic carbocycles. The molecule has 0 aliphatic heterocycles. The maximum absolute atomic E-state index is 11.9. The second-order valence-electron chi connectivity index (χ2n) is 6.16. The lowest BCUT2D eigenvalue weighted by atomic mass is 10.1. The van der Waals surface area contributed by atoms with E-state index >= 15 is 0 Å². The topological polar surface area (TPSA) is 31.2 Å². The molecule has 0 bridgehead atoms. The number of aromatic nitrogens is 1. The number of rotatable bonds is 4. The Hall–Kier alpha value is -2.55. The summed E-state index contributed by atoms with van der Waals surface area (Å²) in [5, 5.41) is 1.25. The Balaban J connectivity index is 1.78. The zero-order valence-electron chi connectivity index (χ0n) is 13.7. The number of fused-ring (bicyclic) bond motifs is 1. The Morgan fingerprint density at radius 2 is 1.83 bits per heavy atom. The molecule has 3 rings (SSSR count). The molecule has 118 valence electrons. The van der Waals surface area contributed by atoms with Crippen molar-refractivity contribution in [1.82, 2.24) is 4.57 Å². The number of nitrogens with zero attached hydrogens (tertiary/aromatic N) is 1. The number of carbonyl (C=O) groups is 1. The van der Waals surface area contributed by atoms with E-state index in [-0.39, 0.29) is 12.1 Å². The van der Waals surface area contributed by atoms with Gasteiger partial charge in [-0.3, -0.25) is 0 Å². The van der Waals surface area contributed by atoms with Crippen molar-refractivity contribution in [2.24, 2.45) is 0 Å². The van der Waals surface area contributed by atoms with Crippen molar-refractivity contribution in [2.45, 2.75) is 33.4 Å². The molecule has 0 spiro atoms. The van der Waals surface area contributed by atoms with E-state index in [4.69, 9.17) is 4.74 Å². The molecule has 0 amide bonds. The minimum atomic E-state index is -0.270. The molecule has 0 unspecified atom stereocenters. The summed E-state index contributed by atoms with van der Waals surface area (Å²) in [7, 11) is 0. The molecule has 0 saturated carbocycles. The van der Waals surface area contributed by atoms with Crippen LogP contribution in [0.1, 0.15) is 35.3 Å². The van der Waals surface area contributed by atoms with Crippen molar-refractivity contribution in [3.8, 4) is 0 Å². The quantitative estimate of drug-likeness (QED) is 0.661. The molecule has 3 aromatic rings. The molecule has 0 atom stereocenters. The molecule has 3 nitrogen and oxygen atoms in total. The third-order valence-electron chi connectivity index (χ3n) is 3.81. The second kappa shape index (κ2) is 6.29. The van der Waals surface area contributed by atoms with Crippen LogP contribution in [0.4, 0.5) is 0 Å². The minimum Gasteiger partial charge on any atom is -0.459 e. The van der Waals surface area contributed by atoms with Gasteiger partial charge in [0.1, 0.15) is 0 Å². The smallest absolute Gasteiger partial charge is 0.338 e. The molecule has 3 heteroatoms. The fourth-order valence-corrected chi connectivity index (χ4v) is 2.68. The Morgan fingerprint density at radius 3 is 2.52 bits per heavy atom. The van der Waals surface area contributed by atoms with Crippen molar-refractivity contribution >= 4 is 16.9 Å². The van der Waals surface area contributed by atoms with Crippen LogP contribution in [-0.2, 0) is 11.3 Å². The third-order valence-corrected chi connectivity index (χ3v) is 3.81. The van der Waals surface area contributed by atoms with Crippen molar-refractivity contribution in [2.75, 3.05) is 0 Å². The minimum absolute atomic E-state index is 0.100. The monoisotopic (exact) mass is 307 g/mol. The van der Waals surface area contributed by atoms with E-state index in [0.717, 1.165) is 12.1 Å². The number of benzene rings is 2. The highest BCUT2D eigenvalue weighted by atomic mass is 16.5. The standard InChI is InChI=1S/C20H21NO2/c1-14(2)23-20(22)17-7-5-16(6-8-17)13-21-11-10-18-12-15(3)4-9-19(18)21/h4-12,14H,13H2,1-3H3. The number of esters is 1. The van der Waals surface area contributed by atoms with Crippen LogP contribution in [0.25, 0.3) is 10.9 Å². The summed E-state index contributed by atoms with van der Waals surface area (Å²) in [4.78, 5) is 11.9. The van der Waals surface area contributed by atoms with E-state index in [2.05, 4.69) is 42.0 Å². The molecular weight excluding hydrogens is 286 g/mol. The Morgan fingerprint density at radius 1 is 1.09 bits per heavy atom. The van der Waals surface area contributed by atoms with Gasteiger partial charge >= 0.3 is 5.97 Å². The van der Waals surface area contributed by atoms with Crippen LogP contribution < -0.4 is 0 Å². The summed E-state index contributed by atoms with van der Waals surface area (Å²) in [6.07, 6.45) is 2.00. The van der Waals surface area contributed by atoms with E-state index in [1.165, 1.54) is 16.5 Å². The van der Waals surface area contributed by atoms with Gasteiger partial charge in [0.2, 0.25) is 0 Å². The average Bonchev–Trinajstić information content (AvgIpc) is 2.89. The first kappa shape index (κ1) is 15.3. The molecular formula is C20H21NO2. The van der Waals surface area contributed by atoms with Gasteiger partial charge in [0.15, 0.2) is 0 Å². The molecule has 0 radical (unpaired) electrons. The molecule has 0 aliphatic rings. The molecule has 23 heavy (non-hydrogen) atoms. The zero-order chi connectivity index (χ0) is 16.4. The Bertz CT molecular complexity index is 828. The number of carbonyl (C=O) groups excluding carboxylic acids is 1. The van der Waals surface area contributed by atoms with Crippen molar-refractivity contribution < 1.29 is 9.53 Å². The molecule has 1 heterocycles. The largest absolute Gasteiger partial charge is 0.459 e. The van der Waals surface area contributed by atoms with E-state index in [1.807, 2.05) is 38.1 Å². The van der Waals surface area contributed by atoms with Gasteiger partial charge in [-0.1, -0.05) is 23.8 Å². The fraction of sp³-hybridized carbons (Fsp3) is 0.250. The van der Waals surface area contributed by atoms with Crippen LogP contribution >= 0.6 is 0 Å². The predicted molar refractivity (Wildman–Crippen MR) is 92.8 cm³/mol. The zero-order valence-corrected chi connectivity index (χ0v) is 13.7. The first-order valence-corrected chi connectivity index (χ1v) is 7.88. The van der Waals surface area contributed by atoms with Crippen molar-refractivity contribution in [3.63, 3.8) is 0 Å².